The van der Waals surface area contributed by atoms with E-state index in [9.17, 15) is 19.5 Å². The largest absolute Gasteiger partial charge is 0.477 e. The van der Waals surface area contributed by atoms with Crippen LogP contribution in [0.3, 0.4) is 0 Å². The number of carbonyl (C=O) groups is 3. The quantitative estimate of drug-likeness (QED) is 0.0211. The third-order valence-electron chi connectivity index (χ3n) is 14.7. The number of carbonyl (C=O) groups excluding carboxylic acids is 2. The second-order valence-electron chi connectivity index (χ2n) is 24.4. The second kappa shape index (κ2) is 70.3. The molecular weight excluding hydrogens is 1130 g/mol. The summed E-state index contributed by atoms with van der Waals surface area (Å²) in [6, 6.07) is 0. The lowest BCUT2D eigenvalue weighted by molar-refractivity contribution is -0.870. The van der Waals surface area contributed by atoms with Crippen LogP contribution < -0.4 is 0 Å². The molecule has 0 bridgehead atoms. The number of unbranched alkanes of at least 4 members (excludes halogenated alkanes) is 19. The van der Waals surface area contributed by atoms with Gasteiger partial charge in [-0.05, 0) is 135 Å². The van der Waals surface area contributed by atoms with Crippen LogP contribution in [0.15, 0.2) is 182 Å². The number of carboxylic acid groups (broad SMARTS) is 1. The third kappa shape index (κ3) is 71.7. The van der Waals surface area contributed by atoms with Crippen LogP contribution >= 0.6 is 0 Å². The fourth-order valence-electron chi connectivity index (χ4n) is 9.25. The van der Waals surface area contributed by atoms with Crippen molar-refractivity contribution in [1.82, 2.24) is 0 Å². The number of carboxylic acids is 1. The van der Waals surface area contributed by atoms with E-state index in [4.69, 9.17) is 18.9 Å². The van der Waals surface area contributed by atoms with Gasteiger partial charge >= 0.3 is 17.9 Å². The van der Waals surface area contributed by atoms with Gasteiger partial charge in [-0.1, -0.05) is 292 Å². The summed E-state index contributed by atoms with van der Waals surface area (Å²) in [6.45, 7) is 4.60. The molecule has 2 atom stereocenters. The van der Waals surface area contributed by atoms with Gasteiger partial charge in [0.15, 0.2) is 6.10 Å². The van der Waals surface area contributed by atoms with Crippen LogP contribution in [-0.4, -0.2) is 87.4 Å². The SMILES string of the molecule is CC/C=C\C/C=C\C/C=C\C/C=C\C/C=C\C/C=C\C/C=C\C/C=C\CCCCCCCCCCCCCCCCCCC(=O)OC(COC(=O)CCCCC/C=C\C/C=C\C/C=C\C/C=C\C/C=C\C/C=C\C/C=C\CC)COC(OCC[N+](C)(C)C)C(=O)O. The molecule has 0 aromatic heterocycles. The molecule has 0 fully saturated rings. The Kier molecular flexibility index (Phi) is 65.9. The van der Waals surface area contributed by atoms with Crippen molar-refractivity contribution in [3.8, 4) is 0 Å². The first-order valence-corrected chi connectivity index (χ1v) is 35.9. The number of rotatable bonds is 64. The molecule has 0 amide bonds. The number of hydrogen-bond donors (Lipinski definition) is 1. The minimum atomic E-state index is -1.53. The van der Waals surface area contributed by atoms with Crippen molar-refractivity contribution in [2.45, 2.75) is 270 Å². The summed E-state index contributed by atoms with van der Waals surface area (Å²) in [5.74, 6) is -2.06. The third-order valence-corrected chi connectivity index (χ3v) is 14.7. The van der Waals surface area contributed by atoms with Crippen LogP contribution in [-0.2, 0) is 33.3 Å². The van der Waals surface area contributed by atoms with E-state index in [0.29, 0.717) is 23.9 Å². The number of hydrogen-bond acceptors (Lipinski definition) is 7. The predicted octanol–water partition coefficient (Wildman–Crippen LogP) is 22.8. The number of likely N-dealkylation sites (N-methyl/N-ethyl adjacent to an activating group) is 1. The first-order valence-electron chi connectivity index (χ1n) is 35.9. The lowest BCUT2D eigenvalue weighted by Crippen LogP contribution is -2.40. The fourth-order valence-corrected chi connectivity index (χ4v) is 9.25. The van der Waals surface area contributed by atoms with Crippen molar-refractivity contribution >= 4 is 17.9 Å². The van der Waals surface area contributed by atoms with E-state index in [-0.39, 0.29) is 38.6 Å². The minimum Gasteiger partial charge on any atom is -0.477 e. The zero-order chi connectivity index (χ0) is 66.1. The lowest BCUT2D eigenvalue weighted by Gasteiger charge is -2.25. The Morgan fingerprint density at radius 3 is 0.890 bits per heavy atom. The molecule has 0 rings (SSSR count). The zero-order valence-electron chi connectivity index (χ0n) is 58.4. The molecule has 91 heavy (non-hydrogen) atoms. The molecule has 0 aromatic carbocycles. The topological polar surface area (TPSA) is 108 Å². The molecule has 1 N–H and O–H groups in total. The highest BCUT2D eigenvalue weighted by molar-refractivity contribution is 5.71. The Morgan fingerprint density at radius 1 is 0.330 bits per heavy atom. The van der Waals surface area contributed by atoms with Crippen molar-refractivity contribution in [2.24, 2.45) is 0 Å². The van der Waals surface area contributed by atoms with Crippen LogP contribution in [0.5, 0.6) is 0 Å². The van der Waals surface area contributed by atoms with Crippen molar-refractivity contribution < 1.29 is 42.9 Å². The molecule has 0 saturated carbocycles. The van der Waals surface area contributed by atoms with Crippen molar-refractivity contribution in [2.75, 3.05) is 47.5 Å². The fraction of sp³-hybridized carbons (Fsp3) is 0.598. The van der Waals surface area contributed by atoms with Crippen molar-refractivity contribution in [1.29, 1.82) is 0 Å². The number of nitrogens with zero attached hydrogens (tertiary/aromatic N) is 1. The average Bonchev–Trinajstić information content (AvgIpc) is 3.53. The Labute approximate surface area is 558 Å². The van der Waals surface area contributed by atoms with E-state index >= 15 is 0 Å². The number of aliphatic carboxylic acids is 1. The standard InChI is InChI=1S/C82H131NO8/c1-6-8-10-12-14-16-18-20-22-24-26-28-30-32-33-34-35-36-37-38-39-40-41-42-43-44-45-46-47-49-51-53-55-57-59-61-63-65-67-69-71-73-80(85)91-78(77-90-82(81(86)87)88-75-74-83(3,4)5)76-89-79(84)72-70-68-66-64-62-60-58-56-54-52-50-48-31-29-27-25-23-21-19-17-15-13-11-9-7-2/h8-11,14-17,20-23,26-29,32-33,35-36,38-39,41-42,48,50,54,56,60,62,78,82H,6-7,12-13,18-19,24-25,30-31,34,37,40,43-47,49,51-53,55,57-59,61,63-77H2,1-5H3/p+1/b10-8-,11-9-,16-14-,17-15-,22-20-,23-21-,28-26-,29-27-,33-32-,36-35-,39-38-,42-41-,50-48-,56-54-,62-60-. The molecule has 0 aromatic rings. The normalized spacial score (nSPS) is 13.8. The molecule has 0 aliphatic rings. The zero-order valence-corrected chi connectivity index (χ0v) is 58.4. The summed E-state index contributed by atoms with van der Waals surface area (Å²) >= 11 is 0. The highest BCUT2D eigenvalue weighted by Crippen LogP contribution is 2.16. The monoisotopic (exact) mass is 1260 g/mol. The maximum Gasteiger partial charge on any atom is 0.361 e. The predicted molar refractivity (Wildman–Crippen MR) is 391 cm³/mol. The molecule has 0 heterocycles. The Balaban J connectivity index is 4.15. The van der Waals surface area contributed by atoms with Gasteiger partial charge in [0.25, 0.3) is 6.29 Å². The number of allylic oxidation sites excluding steroid dienone is 30. The van der Waals surface area contributed by atoms with E-state index < -0.39 is 24.3 Å². The molecule has 0 aliphatic heterocycles. The minimum absolute atomic E-state index is 0.173. The van der Waals surface area contributed by atoms with E-state index in [2.05, 4.69) is 196 Å². The van der Waals surface area contributed by atoms with Gasteiger partial charge < -0.3 is 28.5 Å². The van der Waals surface area contributed by atoms with Crippen molar-refractivity contribution in [3.63, 3.8) is 0 Å². The van der Waals surface area contributed by atoms with E-state index in [1.165, 1.54) is 83.5 Å². The number of esters is 2. The summed E-state index contributed by atoms with van der Waals surface area (Å²) < 4.78 is 22.9. The molecule has 0 saturated heterocycles. The van der Waals surface area contributed by atoms with Gasteiger partial charge in [0.1, 0.15) is 13.2 Å². The summed E-state index contributed by atoms with van der Waals surface area (Å²) in [5, 5.41) is 9.75. The summed E-state index contributed by atoms with van der Waals surface area (Å²) in [7, 11) is 5.96. The molecule has 0 radical (unpaired) electrons. The molecule has 2 unspecified atom stereocenters. The van der Waals surface area contributed by atoms with E-state index in [1.807, 2.05) is 21.1 Å². The Morgan fingerprint density at radius 2 is 0.593 bits per heavy atom. The van der Waals surface area contributed by atoms with Crippen LogP contribution in [0.2, 0.25) is 0 Å². The molecule has 0 aliphatic carbocycles. The van der Waals surface area contributed by atoms with Crippen LogP contribution in [0.4, 0.5) is 0 Å². The smallest absolute Gasteiger partial charge is 0.361 e. The first kappa shape index (κ1) is 85.4. The summed E-state index contributed by atoms with van der Waals surface area (Å²) in [4.78, 5) is 37.6. The van der Waals surface area contributed by atoms with Gasteiger partial charge in [-0.15, -0.1) is 0 Å². The van der Waals surface area contributed by atoms with E-state index in [1.54, 1.807) is 0 Å². The molecular formula is C82H132NO8+. The van der Waals surface area contributed by atoms with Gasteiger partial charge in [-0.2, -0.15) is 0 Å². The van der Waals surface area contributed by atoms with Gasteiger partial charge in [0, 0.05) is 12.8 Å². The van der Waals surface area contributed by atoms with Gasteiger partial charge in [0.2, 0.25) is 0 Å². The average molecular weight is 1260 g/mol. The maximum atomic E-state index is 13.0. The number of ether oxygens (including phenoxy) is 4. The Hall–Kier alpha value is -5.61. The van der Waals surface area contributed by atoms with E-state index in [0.717, 1.165) is 135 Å². The van der Waals surface area contributed by atoms with Gasteiger partial charge in [-0.25, -0.2) is 4.79 Å². The summed E-state index contributed by atoms with van der Waals surface area (Å²) in [6.07, 6.45) is 104. The highest BCUT2D eigenvalue weighted by Gasteiger charge is 2.25. The molecule has 9 nitrogen and oxygen atoms in total. The van der Waals surface area contributed by atoms with Crippen molar-refractivity contribution in [3.05, 3.63) is 182 Å². The summed E-state index contributed by atoms with van der Waals surface area (Å²) in [5.41, 5.74) is 0. The maximum absolute atomic E-state index is 13.0. The molecule has 9 heteroatoms. The number of quaternary nitrogens is 1. The van der Waals surface area contributed by atoms with Gasteiger partial charge in [0.05, 0.1) is 34.4 Å². The second-order valence-corrected chi connectivity index (χ2v) is 24.4. The van der Waals surface area contributed by atoms with Gasteiger partial charge in [-0.3, -0.25) is 9.59 Å². The molecule has 0 spiro atoms. The Bertz CT molecular complexity index is 2150. The molecule has 512 valence electrons. The highest BCUT2D eigenvalue weighted by atomic mass is 16.7. The van der Waals surface area contributed by atoms with Crippen LogP contribution in [0.25, 0.3) is 0 Å². The first-order chi connectivity index (χ1) is 44.6. The van der Waals surface area contributed by atoms with Crippen LogP contribution in [0, 0.1) is 0 Å². The van der Waals surface area contributed by atoms with Crippen LogP contribution in [0.1, 0.15) is 258 Å². The lowest BCUT2D eigenvalue weighted by atomic mass is 10.0.